The van der Waals surface area contributed by atoms with Crippen LogP contribution in [0.2, 0.25) is 0 Å². The van der Waals surface area contributed by atoms with E-state index >= 15 is 0 Å². The Kier molecular flexibility index (Phi) is 6.17. The first-order valence-electron chi connectivity index (χ1n) is 10.4. The van der Waals surface area contributed by atoms with Gasteiger partial charge in [0, 0.05) is 37.9 Å². The molecule has 32 heavy (non-hydrogen) atoms. The first-order valence-corrected chi connectivity index (χ1v) is 12.2. The van der Waals surface area contributed by atoms with Crippen molar-refractivity contribution in [2.45, 2.75) is 5.03 Å². The molecule has 1 aliphatic heterocycles. The Bertz CT molecular complexity index is 1170. The summed E-state index contributed by atoms with van der Waals surface area (Å²) in [6.45, 7) is 3.68. The first kappa shape index (κ1) is 20.7. The Morgan fingerprint density at radius 1 is 0.969 bits per heavy atom. The Balaban J connectivity index is 1.15. The number of para-hydroxylation sites is 2. The first-order chi connectivity index (χ1) is 15.7. The molecule has 0 spiro atoms. The summed E-state index contributed by atoms with van der Waals surface area (Å²) in [6.07, 6.45) is 1.58. The number of rotatable bonds is 6. The predicted molar refractivity (Wildman–Crippen MR) is 132 cm³/mol. The van der Waals surface area contributed by atoms with Gasteiger partial charge in [-0.2, -0.15) is 0 Å². The standard InChI is InChI=1S/C23H22N6OS2/c30-21(27-23-26-18-8-4-5-9-19(18)32-23)15-31-22-14-20(24-16-25-22)29-12-10-28(11-13-29)17-6-2-1-3-7-17/h1-9,14,16H,10-13,15H2,(H,26,27,30). The number of hydrogen-bond donors (Lipinski definition) is 1. The molecular formula is C23H22N6OS2. The SMILES string of the molecule is O=C(CSc1cc(N2CCN(c3ccccc3)CC2)ncn1)Nc1nc2ccccc2s1. The van der Waals surface area contributed by atoms with Gasteiger partial charge in [-0.3, -0.25) is 4.79 Å². The summed E-state index contributed by atoms with van der Waals surface area (Å²) < 4.78 is 1.06. The number of nitrogens with zero attached hydrogens (tertiary/aromatic N) is 5. The van der Waals surface area contributed by atoms with Gasteiger partial charge in [0.05, 0.1) is 16.0 Å². The summed E-state index contributed by atoms with van der Waals surface area (Å²) in [5, 5.41) is 4.30. The smallest absolute Gasteiger partial charge is 0.236 e. The Labute approximate surface area is 194 Å². The number of thioether (sulfide) groups is 1. The topological polar surface area (TPSA) is 74.2 Å². The van der Waals surface area contributed by atoms with Crippen LogP contribution in [0.1, 0.15) is 0 Å². The summed E-state index contributed by atoms with van der Waals surface area (Å²) in [5.41, 5.74) is 2.15. The van der Waals surface area contributed by atoms with E-state index in [1.807, 2.05) is 36.4 Å². The van der Waals surface area contributed by atoms with E-state index in [-0.39, 0.29) is 11.7 Å². The van der Waals surface area contributed by atoms with Crippen LogP contribution in [0, 0.1) is 0 Å². The van der Waals surface area contributed by atoms with E-state index in [2.05, 4.69) is 54.3 Å². The van der Waals surface area contributed by atoms with Crippen molar-refractivity contribution in [3.05, 3.63) is 67.0 Å². The largest absolute Gasteiger partial charge is 0.368 e. The number of aromatic nitrogens is 3. The minimum atomic E-state index is -0.0920. The minimum absolute atomic E-state index is 0.0920. The van der Waals surface area contributed by atoms with Crippen LogP contribution in [0.15, 0.2) is 72.0 Å². The lowest BCUT2D eigenvalue weighted by Gasteiger charge is -2.36. The van der Waals surface area contributed by atoms with Crippen LogP contribution in [-0.2, 0) is 4.79 Å². The summed E-state index contributed by atoms with van der Waals surface area (Å²) in [4.78, 5) is 30.3. The van der Waals surface area contributed by atoms with Crippen molar-refractivity contribution < 1.29 is 4.79 Å². The van der Waals surface area contributed by atoms with Crippen molar-refractivity contribution in [2.24, 2.45) is 0 Å². The number of carbonyl (C=O) groups excluding carboxylic acids is 1. The van der Waals surface area contributed by atoms with Crippen LogP contribution in [-0.4, -0.2) is 52.8 Å². The van der Waals surface area contributed by atoms with E-state index in [9.17, 15) is 4.79 Å². The van der Waals surface area contributed by atoms with Gasteiger partial charge in [0.1, 0.15) is 17.2 Å². The molecule has 0 aliphatic carbocycles. The van der Waals surface area contributed by atoms with Crippen molar-refractivity contribution in [3.8, 4) is 0 Å². The van der Waals surface area contributed by atoms with E-state index in [0.717, 1.165) is 47.2 Å². The molecule has 1 fully saturated rings. The number of fused-ring (bicyclic) bond motifs is 1. The third-order valence-corrected chi connectivity index (χ3v) is 7.12. The van der Waals surface area contributed by atoms with E-state index in [1.165, 1.54) is 28.8 Å². The Hall–Kier alpha value is -3.17. The molecule has 9 heteroatoms. The van der Waals surface area contributed by atoms with Crippen molar-refractivity contribution >= 4 is 55.9 Å². The zero-order valence-corrected chi connectivity index (χ0v) is 19.0. The fourth-order valence-corrected chi connectivity index (χ4v) is 5.18. The van der Waals surface area contributed by atoms with Gasteiger partial charge in [0.15, 0.2) is 5.13 Å². The van der Waals surface area contributed by atoms with Gasteiger partial charge in [-0.1, -0.05) is 53.4 Å². The molecule has 162 valence electrons. The number of benzene rings is 2. The van der Waals surface area contributed by atoms with Gasteiger partial charge in [0.25, 0.3) is 0 Å². The summed E-state index contributed by atoms with van der Waals surface area (Å²) in [7, 11) is 0. The van der Waals surface area contributed by atoms with Crippen LogP contribution in [0.3, 0.4) is 0 Å². The highest BCUT2D eigenvalue weighted by molar-refractivity contribution is 7.99. The van der Waals surface area contributed by atoms with Crippen molar-refractivity contribution in [1.29, 1.82) is 0 Å². The molecule has 1 aliphatic rings. The zero-order valence-electron chi connectivity index (χ0n) is 17.3. The van der Waals surface area contributed by atoms with Gasteiger partial charge < -0.3 is 15.1 Å². The van der Waals surface area contributed by atoms with Crippen LogP contribution < -0.4 is 15.1 Å². The highest BCUT2D eigenvalue weighted by Crippen LogP contribution is 2.26. The molecular weight excluding hydrogens is 440 g/mol. The lowest BCUT2D eigenvalue weighted by atomic mass is 10.2. The van der Waals surface area contributed by atoms with Gasteiger partial charge in [-0.15, -0.1) is 0 Å². The Morgan fingerprint density at radius 3 is 2.53 bits per heavy atom. The maximum atomic E-state index is 12.4. The van der Waals surface area contributed by atoms with Crippen molar-refractivity contribution in [1.82, 2.24) is 15.0 Å². The van der Waals surface area contributed by atoms with Gasteiger partial charge in [-0.25, -0.2) is 15.0 Å². The second-order valence-corrected chi connectivity index (χ2v) is 9.37. The maximum absolute atomic E-state index is 12.4. The van der Waals surface area contributed by atoms with Gasteiger partial charge in [-0.05, 0) is 24.3 Å². The number of piperazine rings is 1. The predicted octanol–water partition coefficient (Wildman–Crippen LogP) is 4.14. The van der Waals surface area contributed by atoms with E-state index in [0.29, 0.717) is 5.13 Å². The molecule has 0 unspecified atom stereocenters. The molecule has 0 saturated carbocycles. The molecule has 0 atom stereocenters. The van der Waals surface area contributed by atoms with E-state index < -0.39 is 0 Å². The van der Waals surface area contributed by atoms with E-state index in [4.69, 9.17) is 0 Å². The third kappa shape index (κ3) is 4.84. The van der Waals surface area contributed by atoms with Crippen LogP contribution in [0.25, 0.3) is 10.2 Å². The van der Waals surface area contributed by atoms with Crippen molar-refractivity contribution in [2.75, 3.05) is 47.0 Å². The highest BCUT2D eigenvalue weighted by atomic mass is 32.2. The van der Waals surface area contributed by atoms with Gasteiger partial charge >= 0.3 is 0 Å². The molecule has 4 aromatic rings. The van der Waals surface area contributed by atoms with Crippen LogP contribution in [0.5, 0.6) is 0 Å². The van der Waals surface area contributed by atoms with Crippen molar-refractivity contribution in [3.63, 3.8) is 0 Å². The van der Waals surface area contributed by atoms with Gasteiger partial charge in [0.2, 0.25) is 5.91 Å². The number of hydrogen-bond acceptors (Lipinski definition) is 8. The molecule has 3 heterocycles. The van der Waals surface area contributed by atoms with Crippen LogP contribution in [0.4, 0.5) is 16.6 Å². The second kappa shape index (κ2) is 9.54. The average molecular weight is 463 g/mol. The number of nitrogens with one attached hydrogen (secondary N) is 1. The number of carbonyl (C=O) groups is 1. The fraction of sp³-hybridized carbons (Fsp3) is 0.217. The lowest BCUT2D eigenvalue weighted by molar-refractivity contribution is -0.113. The summed E-state index contributed by atoms with van der Waals surface area (Å²) in [6, 6.07) is 20.3. The number of amides is 1. The quantitative estimate of drug-likeness (QED) is 0.341. The molecule has 1 N–H and O–H groups in total. The monoisotopic (exact) mass is 462 g/mol. The molecule has 1 saturated heterocycles. The maximum Gasteiger partial charge on any atom is 0.236 e. The summed E-state index contributed by atoms with van der Waals surface area (Å²) in [5.74, 6) is 1.08. The second-order valence-electron chi connectivity index (χ2n) is 7.35. The molecule has 5 rings (SSSR count). The molecule has 1 amide bonds. The fourth-order valence-electron chi connectivity index (χ4n) is 3.63. The lowest BCUT2D eigenvalue weighted by Crippen LogP contribution is -2.46. The molecule has 2 aromatic carbocycles. The van der Waals surface area contributed by atoms with Crippen LogP contribution >= 0.6 is 23.1 Å². The minimum Gasteiger partial charge on any atom is -0.368 e. The zero-order chi connectivity index (χ0) is 21.8. The highest BCUT2D eigenvalue weighted by Gasteiger charge is 2.19. The normalized spacial score (nSPS) is 14.0. The summed E-state index contributed by atoms with van der Waals surface area (Å²) >= 11 is 2.89. The average Bonchev–Trinajstić information content (AvgIpc) is 3.26. The number of anilines is 3. The molecule has 0 bridgehead atoms. The Morgan fingerprint density at radius 2 is 1.72 bits per heavy atom. The van der Waals surface area contributed by atoms with E-state index in [1.54, 1.807) is 6.33 Å². The number of thiazole rings is 1. The molecule has 2 aromatic heterocycles. The third-order valence-electron chi connectivity index (χ3n) is 5.24. The molecule has 7 nitrogen and oxygen atoms in total. The molecule has 0 radical (unpaired) electrons.